The third-order valence-electron chi connectivity index (χ3n) is 3.50. The van der Waals surface area contributed by atoms with E-state index in [0.29, 0.717) is 13.1 Å². The van der Waals surface area contributed by atoms with Gasteiger partial charge in [0.2, 0.25) is 5.91 Å². The number of carbonyl (C=O) groups excluding carboxylic acids is 1. The van der Waals surface area contributed by atoms with E-state index in [1.54, 1.807) is 7.11 Å². The Balaban J connectivity index is 2.92. The third-order valence-corrected chi connectivity index (χ3v) is 3.50. The zero-order chi connectivity index (χ0) is 15.7. The molecule has 0 aromatic heterocycles. The predicted octanol–water partition coefficient (Wildman–Crippen LogP) is 1.72. The second-order valence-corrected chi connectivity index (χ2v) is 4.80. The van der Waals surface area contributed by atoms with Crippen molar-refractivity contribution in [1.82, 2.24) is 4.90 Å². The molecule has 118 valence electrons. The molecule has 0 atom stereocenters. The Kier molecular flexibility index (Phi) is 7.61. The number of benzene rings is 1. The zero-order valence-electron chi connectivity index (χ0n) is 13.3. The van der Waals surface area contributed by atoms with Crippen molar-refractivity contribution in [3.8, 4) is 5.75 Å². The Morgan fingerprint density at radius 1 is 1.24 bits per heavy atom. The molecule has 1 aromatic carbocycles. The molecule has 0 fully saturated rings. The Hall–Kier alpha value is -1.75. The molecule has 5 heteroatoms. The first-order valence-corrected chi connectivity index (χ1v) is 7.53. The van der Waals surface area contributed by atoms with Gasteiger partial charge in [0.15, 0.2) is 0 Å². The first-order valence-electron chi connectivity index (χ1n) is 7.53. The fourth-order valence-electron chi connectivity index (χ4n) is 2.30. The van der Waals surface area contributed by atoms with Crippen LogP contribution >= 0.6 is 0 Å². The quantitative estimate of drug-likeness (QED) is 0.753. The molecule has 1 amide bonds. The van der Waals surface area contributed by atoms with Gasteiger partial charge in [0.1, 0.15) is 5.75 Å². The molecule has 0 aliphatic rings. The minimum atomic E-state index is 0.128. The molecule has 0 heterocycles. The number of nitrogens with two attached hydrogens (primary N) is 1. The molecule has 2 N–H and O–H groups in total. The summed E-state index contributed by atoms with van der Waals surface area (Å²) in [5.41, 5.74) is 6.55. The Bertz CT molecular complexity index is 433. The highest BCUT2D eigenvalue weighted by Gasteiger charge is 2.17. The van der Waals surface area contributed by atoms with Crippen LogP contribution in [-0.2, 0) is 4.79 Å². The number of likely N-dealkylation sites (N-methyl/N-ethyl adjacent to an activating group) is 1. The van der Waals surface area contributed by atoms with Crippen molar-refractivity contribution in [3.05, 3.63) is 24.3 Å². The van der Waals surface area contributed by atoms with Gasteiger partial charge in [-0.05, 0) is 38.9 Å². The van der Waals surface area contributed by atoms with E-state index in [-0.39, 0.29) is 5.91 Å². The number of rotatable bonds is 9. The maximum absolute atomic E-state index is 12.4. The highest BCUT2D eigenvalue weighted by Crippen LogP contribution is 2.27. The first kappa shape index (κ1) is 17.3. The van der Waals surface area contributed by atoms with Crippen LogP contribution in [0.15, 0.2) is 24.3 Å². The lowest BCUT2D eigenvalue weighted by molar-refractivity contribution is -0.129. The molecule has 0 saturated heterocycles. The molecular formula is C16H27N3O2. The summed E-state index contributed by atoms with van der Waals surface area (Å²) in [5, 5.41) is 0. The number of hydrogen-bond donors (Lipinski definition) is 1. The maximum atomic E-state index is 12.4. The number of amides is 1. The number of hydrogen-bond acceptors (Lipinski definition) is 4. The lowest BCUT2D eigenvalue weighted by Gasteiger charge is -2.28. The summed E-state index contributed by atoms with van der Waals surface area (Å²) in [6.07, 6.45) is 0.837. The van der Waals surface area contributed by atoms with Gasteiger partial charge in [0, 0.05) is 19.6 Å². The fourth-order valence-corrected chi connectivity index (χ4v) is 2.30. The van der Waals surface area contributed by atoms with Crippen LogP contribution in [0.4, 0.5) is 5.69 Å². The van der Waals surface area contributed by atoms with Crippen molar-refractivity contribution in [1.29, 1.82) is 0 Å². The van der Waals surface area contributed by atoms with Crippen LogP contribution in [0.25, 0.3) is 0 Å². The normalized spacial score (nSPS) is 10.3. The summed E-state index contributed by atoms with van der Waals surface area (Å²) in [4.78, 5) is 16.3. The molecule has 0 radical (unpaired) electrons. The molecule has 21 heavy (non-hydrogen) atoms. The van der Waals surface area contributed by atoms with E-state index in [1.807, 2.05) is 47.9 Å². The average molecular weight is 293 g/mol. The van der Waals surface area contributed by atoms with Gasteiger partial charge in [0.05, 0.1) is 19.3 Å². The maximum Gasteiger partial charge on any atom is 0.242 e. The zero-order valence-corrected chi connectivity index (χ0v) is 13.3. The molecule has 0 spiro atoms. The van der Waals surface area contributed by atoms with Crippen molar-refractivity contribution < 1.29 is 9.53 Å². The van der Waals surface area contributed by atoms with E-state index in [2.05, 4.69) is 0 Å². The van der Waals surface area contributed by atoms with Crippen molar-refractivity contribution in [2.24, 2.45) is 5.73 Å². The van der Waals surface area contributed by atoms with Crippen LogP contribution < -0.4 is 15.4 Å². The van der Waals surface area contributed by atoms with Crippen molar-refractivity contribution in [2.45, 2.75) is 20.3 Å². The van der Waals surface area contributed by atoms with Crippen molar-refractivity contribution in [2.75, 3.05) is 44.7 Å². The monoisotopic (exact) mass is 293 g/mol. The number of ether oxygens (including phenoxy) is 1. The van der Waals surface area contributed by atoms with Crippen LogP contribution in [0.5, 0.6) is 5.75 Å². The van der Waals surface area contributed by atoms with E-state index in [9.17, 15) is 4.79 Å². The van der Waals surface area contributed by atoms with Crippen LogP contribution in [-0.4, -0.2) is 50.6 Å². The second-order valence-electron chi connectivity index (χ2n) is 4.80. The summed E-state index contributed by atoms with van der Waals surface area (Å²) in [6.45, 7) is 7.14. The molecule has 0 aliphatic heterocycles. The van der Waals surface area contributed by atoms with Gasteiger partial charge < -0.3 is 20.3 Å². The lowest BCUT2D eigenvalue weighted by Crippen LogP contribution is -2.41. The van der Waals surface area contributed by atoms with Gasteiger partial charge in [-0.3, -0.25) is 4.79 Å². The van der Waals surface area contributed by atoms with Crippen LogP contribution in [0, 0.1) is 0 Å². The third kappa shape index (κ3) is 4.93. The summed E-state index contributed by atoms with van der Waals surface area (Å²) in [7, 11) is 1.64. The van der Waals surface area contributed by atoms with E-state index in [1.165, 1.54) is 0 Å². The molecule has 0 unspecified atom stereocenters. The van der Waals surface area contributed by atoms with Crippen LogP contribution in [0.2, 0.25) is 0 Å². The molecule has 1 aromatic rings. The largest absolute Gasteiger partial charge is 0.495 e. The molecule has 5 nitrogen and oxygen atoms in total. The fraction of sp³-hybridized carbons (Fsp3) is 0.562. The van der Waals surface area contributed by atoms with E-state index in [0.717, 1.165) is 37.5 Å². The van der Waals surface area contributed by atoms with Gasteiger partial charge in [0.25, 0.3) is 0 Å². The van der Waals surface area contributed by atoms with Gasteiger partial charge in [-0.25, -0.2) is 0 Å². The molecular weight excluding hydrogens is 266 g/mol. The van der Waals surface area contributed by atoms with E-state index < -0.39 is 0 Å². The van der Waals surface area contributed by atoms with Crippen molar-refractivity contribution in [3.63, 3.8) is 0 Å². The van der Waals surface area contributed by atoms with Crippen LogP contribution in [0.1, 0.15) is 20.3 Å². The van der Waals surface area contributed by atoms with Gasteiger partial charge in [-0.2, -0.15) is 0 Å². The van der Waals surface area contributed by atoms with E-state index in [4.69, 9.17) is 10.5 Å². The number of carbonyl (C=O) groups is 1. The SMILES string of the molecule is CCN(CC)C(=O)CN(CCCN)c1ccccc1OC. The lowest BCUT2D eigenvalue weighted by atomic mass is 10.2. The average Bonchev–Trinajstić information content (AvgIpc) is 2.52. The number of methoxy groups -OCH3 is 1. The first-order chi connectivity index (χ1) is 10.2. The van der Waals surface area contributed by atoms with Gasteiger partial charge in [-0.1, -0.05) is 12.1 Å². The number of nitrogens with zero attached hydrogens (tertiary/aromatic N) is 2. The standard InChI is InChI=1S/C16H27N3O2/c1-4-18(5-2)16(20)13-19(12-8-11-17)14-9-6-7-10-15(14)21-3/h6-7,9-10H,4-5,8,11-13,17H2,1-3H3. The summed E-state index contributed by atoms with van der Waals surface area (Å²) >= 11 is 0. The second kappa shape index (κ2) is 9.23. The van der Waals surface area contributed by atoms with Crippen molar-refractivity contribution >= 4 is 11.6 Å². The minimum Gasteiger partial charge on any atom is -0.495 e. The Morgan fingerprint density at radius 3 is 2.48 bits per heavy atom. The molecule has 1 rings (SSSR count). The predicted molar refractivity (Wildman–Crippen MR) is 86.8 cm³/mol. The van der Waals surface area contributed by atoms with Crippen LogP contribution in [0.3, 0.4) is 0 Å². The number of para-hydroxylation sites is 2. The Labute approximate surface area is 127 Å². The van der Waals surface area contributed by atoms with Gasteiger partial charge >= 0.3 is 0 Å². The van der Waals surface area contributed by atoms with Gasteiger partial charge in [-0.15, -0.1) is 0 Å². The summed E-state index contributed by atoms with van der Waals surface area (Å²) in [6, 6.07) is 7.77. The topological polar surface area (TPSA) is 58.8 Å². The number of anilines is 1. The molecule has 0 bridgehead atoms. The molecule has 0 saturated carbocycles. The highest BCUT2D eigenvalue weighted by molar-refractivity contribution is 5.82. The smallest absolute Gasteiger partial charge is 0.242 e. The summed E-state index contributed by atoms with van der Waals surface area (Å²) < 4.78 is 5.40. The Morgan fingerprint density at radius 2 is 1.90 bits per heavy atom. The summed E-state index contributed by atoms with van der Waals surface area (Å²) in [5.74, 6) is 0.907. The van der Waals surface area contributed by atoms with E-state index >= 15 is 0 Å². The molecule has 0 aliphatic carbocycles. The minimum absolute atomic E-state index is 0.128. The highest BCUT2D eigenvalue weighted by atomic mass is 16.5.